The highest BCUT2D eigenvalue weighted by molar-refractivity contribution is 6.20. The zero-order valence-electron chi connectivity index (χ0n) is 12.6. The molecule has 0 radical (unpaired) electrons. The Hall–Kier alpha value is -2.62. The van der Waals surface area contributed by atoms with Gasteiger partial charge in [-0.1, -0.05) is 30.4 Å². The van der Waals surface area contributed by atoms with Gasteiger partial charge in [0.1, 0.15) is 5.76 Å². The van der Waals surface area contributed by atoms with E-state index < -0.39 is 0 Å². The van der Waals surface area contributed by atoms with Crippen molar-refractivity contribution in [2.75, 3.05) is 0 Å². The second-order valence-corrected chi connectivity index (χ2v) is 5.23. The number of Topliss-reactive ketones (excluding diaryl/α,β-unsaturated/α-hetero) is 2. The minimum Gasteiger partial charge on any atom is -0.508 e. The Labute approximate surface area is 129 Å². The van der Waals surface area contributed by atoms with Crippen LogP contribution in [0.15, 0.2) is 70.3 Å². The van der Waals surface area contributed by atoms with Crippen molar-refractivity contribution in [3.8, 4) is 0 Å². The van der Waals surface area contributed by atoms with Crippen molar-refractivity contribution in [2.45, 2.75) is 26.7 Å². The Morgan fingerprint density at radius 1 is 1.09 bits per heavy atom. The first-order valence-corrected chi connectivity index (χ1v) is 7.04. The van der Waals surface area contributed by atoms with Gasteiger partial charge in [-0.15, -0.1) is 0 Å². The highest BCUT2D eigenvalue weighted by Gasteiger charge is 2.23. The Morgan fingerprint density at radius 3 is 2.50 bits per heavy atom. The van der Waals surface area contributed by atoms with Crippen LogP contribution in [0.25, 0.3) is 0 Å². The molecule has 0 aromatic carbocycles. The van der Waals surface area contributed by atoms with Gasteiger partial charge in [-0.25, -0.2) is 0 Å². The molecule has 0 saturated heterocycles. The van der Waals surface area contributed by atoms with Crippen LogP contribution >= 0.6 is 0 Å². The van der Waals surface area contributed by atoms with Crippen LogP contribution < -0.4 is 0 Å². The molecule has 0 saturated carbocycles. The van der Waals surface area contributed by atoms with Crippen LogP contribution in [0.1, 0.15) is 26.7 Å². The maximum atomic E-state index is 12.8. The van der Waals surface area contributed by atoms with E-state index in [0.29, 0.717) is 28.7 Å². The third-order valence-corrected chi connectivity index (χ3v) is 3.59. The third kappa shape index (κ3) is 3.17. The fraction of sp³-hybridized carbons (Fsp3) is 0.222. The summed E-state index contributed by atoms with van der Waals surface area (Å²) in [6.45, 7) is 3.11. The van der Waals surface area contributed by atoms with Crippen LogP contribution in [-0.4, -0.2) is 21.8 Å². The maximum absolute atomic E-state index is 12.8. The summed E-state index contributed by atoms with van der Waals surface area (Å²) in [5.41, 5.74) is 1.67. The van der Waals surface area contributed by atoms with Gasteiger partial charge < -0.3 is 10.2 Å². The van der Waals surface area contributed by atoms with Gasteiger partial charge in [-0.05, 0) is 31.9 Å². The van der Waals surface area contributed by atoms with Gasteiger partial charge in [0.15, 0.2) is 17.3 Å². The van der Waals surface area contributed by atoms with Crippen molar-refractivity contribution >= 4 is 11.6 Å². The molecule has 0 heterocycles. The lowest BCUT2D eigenvalue weighted by atomic mass is 9.90. The predicted molar refractivity (Wildman–Crippen MR) is 84.4 cm³/mol. The summed E-state index contributed by atoms with van der Waals surface area (Å²) < 4.78 is 0. The summed E-state index contributed by atoms with van der Waals surface area (Å²) in [7, 11) is 0. The minimum atomic E-state index is -0.276. The second kappa shape index (κ2) is 6.43. The quantitative estimate of drug-likeness (QED) is 0.835. The maximum Gasteiger partial charge on any atom is 0.193 e. The predicted octanol–water partition coefficient (Wildman–Crippen LogP) is 3.56. The van der Waals surface area contributed by atoms with Crippen molar-refractivity contribution in [1.82, 2.24) is 0 Å². The number of hydrogen-bond acceptors (Lipinski definition) is 4. The smallest absolute Gasteiger partial charge is 0.193 e. The van der Waals surface area contributed by atoms with E-state index in [0.717, 1.165) is 0 Å². The monoisotopic (exact) mass is 298 g/mol. The lowest BCUT2D eigenvalue weighted by molar-refractivity contribution is -0.115. The first kappa shape index (κ1) is 15.8. The van der Waals surface area contributed by atoms with Crippen molar-refractivity contribution in [3.05, 3.63) is 70.3 Å². The summed E-state index contributed by atoms with van der Waals surface area (Å²) in [5.74, 6) is -0.872. The molecule has 0 aromatic rings. The van der Waals surface area contributed by atoms with Gasteiger partial charge >= 0.3 is 0 Å². The highest BCUT2D eigenvalue weighted by atomic mass is 16.3. The Bertz CT molecular complexity index is 709. The summed E-state index contributed by atoms with van der Waals surface area (Å²) in [4.78, 5) is 24.6. The van der Waals surface area contributed by atoms with Gasteiger partial charge in [0.2, 0.25) is 0 Å². The topological polar surface area (TPSA) is 74.6 Å². The average Bonchev–Trinajstić information content (AvgIpc) is 2.77. The number of aliphatic hydroxyl groups is 2. The lowest BCUT2D eigenvalue weighted by Crippen LogP contribution is -2.13. The minimum absolute atomic E-state index is 0.0748. The number of hydrogen-bond donors (Lipinski definition) is 2. The summed E-state index contributed by atoms with van der Waals surface area (Å²) in [5, 5.41) is 19.3. The third-order valence-electron chi connectivity index (χ3n) is 3.59. The molecule has 2 rings (SSSR count). The first-order chi connectivity index (χ1) is 10.4. The van der Waals surface area contributed by atoms with Crippen molar-refractivity contribution in [3.63, 3.8) is 0 Å². The number of ketones is 2. The van der Waals surface area contributed by atoms with E-state index in [1.54, 1.807) is 31.2 Å². The molecule has 4 nitrogen and oxygen atoms in total. The van der Waals surface area contributed by atoms with Crippen LogP contribution in [0.2, 0.25) is 0 Å². The molecule has 0 amide bonds. The standard InChI is InChI=1S/C18H18O4/c1-11-10-17(21)16(20)9-8-13(11)18(22)15-7-5-3-4-6-14(15)12(2)19/h3-4,6-8,10,20-21H,5,9H2,1-2H3. The molecule has 0 aromatic heterocycles. The molecule has 0 aliphatic heterocycles. The Balaban J connectivity index is 2.42. The number of allylic oxidation sites excluding steroid dienone is 10. The van der Waals surface area contributed by atoms with E-state index in [9.17, 15) is 19.8 Å². The Kier molecular flexibility index (Phi) is 4.61. The Morgan fingerprint density at radius 2 is 1.82 bits per heavy atom. The van der Waals surface area contributed by atoms with Crippen molar-refractivity contribution in [1.29, 1.82) is 0 Å². The van der Waals surface area contributed by atoms with E-state index in [2.05, 4.69) is 0 Å². The van der Waals surface area contributed by atoms with Gasteiger partial charge in [0, 0.05) is 23.1 Å². The van der Waals surface area contributed by atoms with Gasteiger partial charge in [0.05, 0.1) is 0 Å². The number of carbonyl (C=O) groups is 2. The molecular formula is C18H18O4. The van der Waals surface area contributed by atoms with Gasteiger partial charge in [-0.3, -0.25) is 9.59 Å². The van der Waals surface area contributed by atoms with Crippen LogP contribution in [0.3, 0.4) is 0 Å². The molecule has 0 bridgehead atoms. The molecule has 0 atom stereocenters. The molecule has 0 spiro atoms. The van der Waals surface area contributed by atoms with Crippen molar-refractivity contribution in [2.24, 2.45) is 0 Å². The van der Waals surface area contributed by atoms with Crippen LogP contribution in [0.4, 0.5) is 0 Å². The van der Waals surface area contributed by atoms with Gasteiger partial charge in [-0.2, -0.15) is 0 Å². The van der Waals surface area contributed by atoms with E-state index in [4.69, 9.17) is 0 Å². The van der Waals surface area contributed by atoms with E-state index in [1.165, 1.54) is 13.0 Å². The normalized spacial score (nSPS) is 18.6. The SMILES string of the molecule is CC(=O)C1=CC=CCC=C1C(=O)C1=CCC(O)=C(O)C=C1C. The molecule has 0 unspecified atom stereocenters. The molecule has 0 fully saturated rings. The summed E-state index contributed by atoms with van der Waals surface area (Å²) >= 11 is 0. The number of carbonyl (C=O) groups excluding carboxylic acids is 2. The molecule has 22 heavy (non-hydrogen) atoms. The average molecular weight is 298 g/mol. The summed E-state index contributed by atoms with van der Waals surface area (Å²) in [6.07, 6.45) is 10.6. The lowest BCUT2D eigenvalue weighted by Gasteiger charge is -2.11. The fourth-order valence-corrected chi connectivity index (χ4v) is 2.40. The van der Waals surface area contributed by atoms with Crippen LogP contribution in [0, 0.1) is 0 Å². The molecule has 4 heteroatoms. The fourth-order valence-electron chi connectivity index (χ4n) is 2.40. The molecular weight excluding hydrogens is 280 g/mol. The highest BCUT2D eigenvalue weighted by Crippen LogP contribution is 2.27. The molecule has 2 aliphatic rings. The largest absolute Gasteiger partial charge is 0.508 e. The number of aliphatic hydroxyl groups excluding tert-OH is 2. The van der Waals surface area contributed by atoms with E-state index in [-0.39, 0.29) is 29.5 Å². The molecule has 2 aliphatic carbocycles. The second-order valence-electron chi connectivity index (χ2n) is 5.23. The van der Waals surface area contributed by atoms with Crippen molar-refractivity contribution < 1.29 is 19.8 Å². The van der Waals surface area contributed by atoms with Crippen LogP contribution in [-0.2, 0) is 9.59 Å². The summed E-state index contributed by atoms with van der Waals surface area (Å²) in [6, 6.07) is 0. The number of rotatable bonds is 3. The van der Waals surface area contributed by atoms with Crippen LogP contribution in [0.5, 0.6) is 0 Å². The van der Waals surface area contributed by atoms with Gasteiger partial charge in [0.25, 0.3) is 0 Å². The molecule has 114 valence electrons. The zero-order valence-corrected chi connectivity index (χ0v) is 12.6. The zero-order chi connectivity index (χ0) is 16.3. The first-order valence-electron chi connectivity index (χ1n) is 7.04. The van der Waals surface area contributed by atoms with E-state index in [1.807, 2.05) is 6.08 Å². The molecule has 2 N–H and O–H groups in total. The van der Waals surface area contributed by atoms with E-state index >= 15 is 0 Å².